The summed E-state index contributed by atoms with van der Waals surface area (Å²) in [5.74, 6) is 0.691. The summed E-state index contributed by atoms with van der Waals surface area (Å²) in [6.45, 7) is 3.11. The van der Waals surface area contributed by atoms with E-state index in [1.54, 1.807) is 17.5 Å². The predicted molar refractivity (Wildman–Crippen MR) is 147 cm³/mol. The maximum absolute atomic E-state index is 14.0. The topological polar surface area (TPSA) is 75.2 Å². The van der Waals surface area contributed by atoms with E-state index < -0.39 is 0 Å². The molecule has 2 aromatic heterocycles. The zero-order chi connectivity index (χ0) is 25.4. The monoisotopic (exact) mass is 510 g/mol. The number of amides is 2. The second kappa shape index (κ2) is 10.1. The summed E-state index contributed by atoms with van der Waals surface area (Å²) < 4.78 is 0. The van der Waals surface area contributed by atoms with Crippen molar-refractivity contribution in [2.24, 2.45) is 11.8 Å². The molecule has 0 spiro atoms. The Morgan fingerprint density at radius 3 is 2.70 bits per heavy atom. The number of para-hydroxylation sites is 1. The van der Waals surface area contributed by atoms with E-state index >= 15 is 0 Å². The first kappa shape index (κ1) is 23.8. The molecule has 2 fully saturated rings. The summed E-state index contributed by atoms with van der Waals surface area (Å²) in [6, 6.07) is 19.5. The van der Waals surface area contributed by atoms with Crippen molar-refractivity contribution in [3.8, 4) is 10.4 Å². The predicted octanol–water partition coefficient (Wildman–Crippen LogP) is 5.73. The number of pyridine rings is 1. The van der Waals surface area contributed by atoms with Crippen LogP contribution in [0.2, 0.25) is 0 Å². The molecule has 0 radical (unpaired) electrons. The first-order valence-electron chi connectivity index (χ1n) is 13.1. The SMILES string of the molecule is Cc1nc(C(=O)N2CC3CCCCC3C2CNC(=O)c2cccc3cccnc23)c(-c2ccccc2)s1. The number of aromatic nitrogens is 2. The van der Waals surface area contributed by atoms with Gasteiger partial charge >= 0.3 is 0 Å². The van der Waals surface area contributed by atoms with Crippen LogP contribution < -0.4 is 5.32 Å². The number of carbonyl (C=O) groups excluding carboxylic acids is 2. The number of hydrogen-bond donors (Lipinski definition) is 1. The smallest absolute Gasteiger partial charge is 0.274 e. The number of likely N-dealkylation sites (tertiary alicyclic amines) is 1. The van der Waals surface area contributed by atoms with Gasteiger partial charge < -0.3 is 10.2 Å². The van der Waals surface area contributed by atoms with Crippen molar-refractivity contribution in [2.75, 3.05) is 13.1 Å². The minimum absolute atomic E-state index is 0.0244. The van der Waals surface area contributed by atoms with E-state index in [-0.39, 0.29) is 17.9 Å². The molecular formula is C30H30N4O2S. The highest BCUT2D eigenvalue weighted by Crippen LogP contribution is 2.42. The van der Waals surface area contributed by atoms with Gasteiger partial charge in [0, 0.05) is 24.7 Å². The largest absolute Gasteiger partial charge is 0.350 e. The normalized spacial score (nSPS) is 21.1. The van der Waals surface area contributed by atoms with Crippen LogP contribution in [0.3, 0.4) is 0 Å². The maximum atomic E-state index is 14.0. The molecule has 1 aliphatic heterocycles. The molecule has 3 unspecified atom stereocenters. The van der Waals surface area contributed by atoms with Gasteiger partial charge in [-0.15, -0.1) is 11.3 Å². The molecule has 3 heterocycles. The van der Waals surface area contributed by atoms with E-state index in [0.29, 0.717) is 35.2 Å². The molecule has 2 aromatic carbocycles. The Morgan fingerprint density at radius 1 is 1.03 bits per heavy atom. The standard InChI is InChI=1S/C30H30N4O2S/c1-19-33-27(28(37-19)21-9-3-2-4-10-21)30(36)34-18-22-11-5-6-14-23(22)25(34)17-32-29(35)24-15-7-12-20-13-8-16-31-26(20)24/h2-4,7-10,12-13,15-16,22-23,25H,5-6,11,14,17-18H2,1H3,(H,32,35). The molecular weight excluding hydrogens is 480 g/mol. The van der Waals surface area contributed by atoms with Crippen LogP contribution in [0.5, 0.6) is 0 Å². The third kappa shape index (κ3) is 4.53. The second-order valence-electron chi connectivity index (χ2n) is 10.1. The number of aryl methyl sites for hydroxylation is 1. The Balaban J connectivity index is 1.28. The molecule has 188 valence electrons. The van der Waals surface area contributed by atoms with Crippen LogP contribution in [0, 0.1) is 18.8 Å². The highest BCUT2D eigenvalue weighted by Gasteiger charge is 2.45. The number of nitrogens with zero attached hydrogens (tertiary/aromatic N) is 3. The average molecular weight is 511 g/mol. The van der Waals surface area contributed by atoms with Gasteiger partial charge in [-0.2, -0.15) is 0 Å². The summed E-state index contributed by atoms with van der Waals surface area (Å²) in [6.07, 6.45) is 6.31. The number of fused-ring (bicyclic) bond motifs is 2. The Labute approximate surface area is 220 Å². The summed E-state index contributed by atoms with van der Waals surface area (Å²) in [4.78, 5) is 39.4. The third-order valence-electron chi connectivity index (χ3n) is 7.88. The van der Waals surface area contributed by atoms with Crippen LogP contribution in [0.4, 0.5) is 0 Å². The minimum Gasteiger partial charge on any atom is -0.350 e. The van der Waals surface area contributed by atoms with Gasteiger partial charge in [-0.3, -0.25) is 14.6 Å². The molecule has 1 saturated carbocycles. The van der Waals surface area contributed by atoms with E-state index in [1.165, 1.54) is 12.8 Å². The van der Waals surface area contributed by atoms with Gasteiger partial charge in [0.05, 0.1) is 27.0 Å². The molecule has 2 aliphatic rings. The molecule has 2 amide bonds. The lowest BCUT2D eigenvalue weighted by Crippen LogP contribution is -2.46. The van der Waals surface area contributed by atoms with E-state index in [4.69, 9.17) is 4.98 Å². The molecule has 6 nitrogen and oxygen atoms in total. The number of nitrogens with one attached hydrogen (secondary N) is 1. The van der Waals surface area contributed by atoms with Crippen molar-refractivity contribution < 1.29 is 9.59 Å². The van der Waals surface area contributed by atoms with Crippen molar-refractivity contribution in [3.05, 3.63) is 83.1 Å². The van der Waals surface area contributed by atoms with Crippen molar-refractivity contribution >= 4 is 34.1 Å². The molecule has 1 aliphatic carbocycles. The first-order valence-corrected chi connectivity index (χ1v) is 13.9. The van der Waals surface area contributed by atoms with Gasteiger partial charge in [0.15, 0.2) is 0 Å². The lowest BCUT2D eigenvalue weighted by atomic mass is 9.78. The molecule has 3 atom stereocenters. The van der Waals surface area contributed by atoms with Crippen molar-refractivity contribution in [1.82, 2.24) is 20.2 Å². The van der Waals surface area contributed by atoms with E-state index in [0.717, 1.165) is 40.2 Å². The second-order valence-corrected chi connectivity index (χ2v) is 11.3. The molecule has 7 heteroatoms. The van der Waals surface area contributed by atoms with Crippen molar-refractivity contribution in [1.29, 1.82) is 0 Å². The van der Waals surface area contributed by atoms with Crippen LogP contribution in [-0.4, -0.2) is 45.8 Å². The summed E-state index contributed by atoms with van der Waals surface area (Å²) >= 11 is 1.56. The Hall–Kier alpha value is -3.58. The van der Waals surface area contributed by atoms with E-state index in [2.05, 4.69) is 10.3 Å². The molecule has 1 N–H and O–H groups in total. The van der Waals surface area contributed by atoms with Crippen LogP contribution in [0.1, 0.15) is 51.5 Å². The van der Waals surface area contributed by atoms with Crippen molar-refractivity contribution in [2.45, 2.75) is 38.6 Å². The zero-order valence-corrected chi connectivity index (χ0v) is 21.7. The van der Waals surface area contributed by atoms with E-state index in [9.17, 15) is 9.59 Å². The van der Waals surface area contributed by atoms with Gasteiger partial charge in [0.25, 0.3) is 11.8 Å². The lowest BCUT2D eigenvalue weighted by Gasteiger charge is -2.30. The van der Waals surface area contributed by atoms with Crippen molar-refractivity contribution in [3.63, 3.8) is 0 Å². The summed E-state index contributed by atoms with van der Waals surface area (Å²) in [5.41, 5.74) is 2.81. The third-order valence-corrected chi connectivity index (χ3v) is 8.90. The maximum Gasteiger partial charge on any atom is 0.274 e. The molecule has 4 aromatic rings. The number of carbonyl (C=O) groups is 2. The molecule has 37 heavy (non-hydrogen) atoms. The van der Waals surface area contributed by atoms with Gasteiger partial charge in [-0.05, 0) is 49.3 Å². The number of thiazole rings is 1. The zero-order valence-electron chi connectivity index (χ0n) is 20.9. The van der Waals surface area contributed by atoms with Gasteiger partial charge in [-0.1, -0.05) is 61.4 Å². The quantitative estimate of drug-likeness (QED) is 0.372. The Morgan fingerprint density at radius 2 is 1.84 bits per heavy atom. The van der Waals surface area contributed by atoms with Crippen LogP contribution >= 0.6 is 11.3 Å². The summed E-state index contributed by atoms with van der Waals surface area (Å²) in [5, 5.41) is 4.98. The fourth-order valence-electron chi connectivity index (χ4n) is 6.16. The number of hydrogen-bond acceptors (Lipinski definition) is 5. The van der Waals surface area contributed by atoms with Gasteiger partial charge in [0.1, 0.15) is 5.69 Å². The molecule has 6 rings (SSSR count). The number of benzene rings is 2. The number of rotatable bonds is 5. The lowest BCUT2D eigenvalue weighted by molar-refractivity contribution is 0.0699. The Bertz CT molecular complexity index is 1450. The minimum atomic E-state index is -0.148. The highest BCUT2D eigenvalue weighted by atomic mass is 32.1. The van der Waals surface area contributed by atoms with Crippen LogP contribution in [0.15, 0.2) is 66.9 Å². The fraction of sp³-hybridized carbons (Fsp3) is 0.333. The fourth-order valence-corrected chi connectivity index (χ4v) is 7.07. The van der Waals surface area contributed by atoms with Crippen LogP contribution in [0.25, 0.3) is 21.3 Å². The average Bonchev–Trinajstić information content (AvgIpc) is 3.52. The van der Waals surface area contributed by atoms with Crippen LogP contribution in [-0.2, 0) is 0 Å². The van der Waals surface area contributed by atoms with Gasteiger partial charge in [-0.25, -0.2) is 4.98 Å². The Kier molecular flexibility index (Phi) is 6.47. The molecule has 1 saturated heterocycles. The van der Waals surface area contributed by atoms with Gasteiger partial charge in [0.2, 0.25) is 0 Å². The molecule has 0 bridgehead atoms. The van der Waals surface area contributed by atoms with E-state index in [1.807, 2.05) is 72.5 Å². The first-order chi connectivity index (χ1) is 18.1. The summed E-state index contributed by atoms with van der Waals surface area (Å²) in [7, 11) is 0. The highest BCUT2D eigenvalue weighted by molar-refractivity contribution is 7.15.